The molecule has 4 rings (SSSR count). The maximum Gasteiger partial charge on any atom is 0.285 e. The van der Waals surface area contributed by atoms with Gasteiger partial charge in [-0.3, -0.25) is 15.6 Å². The number of nitrogens with zero attached hydrogens (tertiary/aromatic N) is 2. The van der Waals surface area contributed by atoms with Gasteiger partial charge in [0.2, 0.25) is 5.91 Å². The van der Waals surface area contributed by atoms with E-state index < -0.39 is 10.0 Å². The van der Waals surface area contributed by atoms with E-state index in [1.54, 1.807) is 42.5 Å². The van der Waals surface area contributed by atoms with Crippen LogP contribution in [0.2, 0.25) is 10.0 Å². The first-order chi connectivity index (χ1) is 13.8. The van der Waals surface area contributed by atoms with Crippen molar-refractivity contribution in [2.45, 2.75) is 17.7 Å². The quantitative estimate of drug-likeness (QED) is 0.697. The maximum absolute atomic E-state index is 12.6. The van der Waals surface area contributed by atoms with E-state index >= 15 is 0 Å². The second-order valence-electron chi connectivity index (χ2n) is 6.91. The summed E-state index contributed by atoms with van der Waals surface area (Å²) in [5.41, 5.74) is 6.72. The van der Waals surface area contributed by atoms with Gasteiger partial charge in [0, 0.05) is 18.7 Å². The zero-order valence-corrected chi connectivity index (χ0v) is 17.6. The molecule has 10 heteroatoms. The van der Waals surface area contributed by atoms with E-state index in [0.717, 1.165) is 6.42 Å². The number of nitrogens with one attached hydrogen (secondary N) is 2. The fraction of sp³-hybridized carbons (Fsp3) is 0.263. The first kappa shape index (κ1) is 20.0. The molecule has 2 aliphatic rings. The lowest BCUT2D eigenvalue weighted by molar-refractivity contribution is -0.125. The van der Waals surface area contributed by atoms with Gasteiger partial charge >= 0.3 is 0 Å². The Hall–Kier alpha value is -2.29. The van der Waals surface area contributed by atoms with Crippen molar-refractivity contribution in [3.63, 3.8) is 0 Å². The molecule has 1 amide bonds. The maximum atomic E-state index is 12.6. The Labute approximate surface area is 178 Å². The second-order valence-corrected chi connectivity index (χ2v) is 9.30. The van der Waals surface area contributed by atoms with Gasteiger partial charge in [0.05, 0.1) is 21.7 Å². The van der Waals surface area contributed by atoms with Crippen LogP contribution < -0.4 is 10.9 Å². The number of fused-ring (bicyclic) bond motifs is 1. The molecular weight excluding hydrogens is 435 g/mol. The van der Waals surface area contributed by atoms with Crippen molar-refractivity contribution in [2.75, 3.05) is 18.5 Å². The molecule has 0 saturated carbocycles. The molecule has 0 aromatic heterocycles. The van der Waals surface area contributed by atoms with Gasteiger partial charge in [0.25, 0.3) is 10.0 Å². The predicted molar refractivity (Wildman–Crippen MR) is 113 cm³/mol. The monoisotopic (exact) mass is 452 g/mol. The number of hydrogen-bond acceptors (Lipinski definition) is 5. The number of sulfonamides is 1. The Morgan fingerprint density at radius 2 is 1.93 bits per heavy atom. The van der Waals surface area contributed by atoms with Crippen LogP contribution in [0.15, 0.2) is 51.8 Å². The van der Waals surface area contributed by atoms with Crippen LogP contribution in [-0.2, 0) is 14.8 Å². The average Bonchev–Trinajstić information content (AvgIpc) is 3.00. The Morgan fingerprint density at radius 1 is 1.14 bits per heavy atom. The van der Waals surface area contributed by atoms with E-state index in [4.69, 9.17) is 23.2 Å². The first-order valence-electron chi connectivity index (χ1n) is 9.05. The van der Waals surface area contributed by atoms with E-state index in [1.807, 2.05) is 4.90 Å². The number of hydrazine groups is 1. The molecular formula is C19H18Cl2N4O3S. The molecule has 0 radical (unpaired) electrons. The molecule has 2 aromatic carbocycles. The van der Waals surface area contributed by atoms with Gasteiger partial charge in [-0.05, 0) is 43.2 Å². The summed E-state index contributed by atoms with van der Waals surface area (Å²) in [5, 5.41) is 0.813. The third kappa shape index (κ3) is 4.05. The SMILES string of the molecule is O=C(NNc1ccc(Cl)c(Cl)c1)[C@@H]1CCCN(C2=NS(=O)(=O)c3ccccc32)C1. The van der Waals surface area contributed by atoms with Crippen LogP contribution in [0.25, 0.3) is 0 Å². The Kier molecular flexibility index (Phi) is 5.42. The van der Waals surface area contributed by atoms with Gasteiger partial charge in [0.15, 0.2) is 5.84 Å². The van der Waals surface area contributed by atoms with Crippen LogP contribution in [-0.4, -0.2) is 38.2 Å². The highest BCUT2D eigenvalue weighted by atomic mass is 35.5. The number of carbonyl (C=O) groups is 1. The van der Waals surface area contributed by atoms with Gasteiger partial charge in [-0.1, -0.05) is 35.3 Å². The first-order valence-corrected chi connectivity index (χ1v) is 11.2. The van der Waals surface area contributed by atoms with Crippen LogP contribution in [0.4, 0.5) is 5.69 Å². The second kappa shape index (κ2) is 7.85. The van der Waals surface area contributed by atoms with Crippen molar-refractivity contribution >= 4 is 50.7 Å². The minimum absolute atomic E-state index is 0.185. The summed E-state index contributed by atoms with van der Waals surface area (Å²) < 4.78 is 28.6. The average molecular weight is 453 g/mol. The number of piperidine rings is 1. The molecule has 152 valence electrons. The van der Waals surface area contributed by atoms with Gasteiger partial charge < -0.3 is 4.90 Å². The van der Waals surface area contributed by atoms with Gasteiger partial charge in [-0.25, -0.2) is 0 Å². The summed E-state index contributed by atoms with van der Waals surface area (Å²) in [5.74, 6) is -0.0803. The highest BCUT2D eigenvalue weighted by molar-refractivity contribution is 7.90. The van der Waals surface area contributed by atoms with E-state index in [9.17, 15) is 13.2 Å². The molecule has 0 spiro atoms. The molecule has 0 unspecified atom stereocenters. The third-order valence-corrected chi connectivity index (χ3v) is 7.02. The van der Waals surface area contributed by atoms with Crippen LogP contribution >= 0.6 is 23.2 Å². The number of amides is 1. The van der Waals surface area contributed by atoms with Crippen molar-refractivity contribution in [1.82, 2.24) is 10.3 Å². The number of likely N-dealkylation sites (tertiary alicyclic amines) is 1. The Balaban J connectivity index is 1.45. The summed E-state index contributed by atoms with van der Waals surface area (Å²) in [6.07, 6.45) is 1.46. The minimum atomic E-state index is -3.69. The van der Waals surface area contributed by atoms with Crippen molar-refractivity contribution in [3.8, 4) is 0 Å². The largest absolute Gasteiger partial charge is 0.355 e. The molecule has 0 bridgehead atoms. The fourth-order valence-electron chi connectivity index (χ4n) is 3.51. The van der Waals surface area contributed by atoms with Gasteiger partial charge in [-0.15, -0.1) is 4.40 Å². The summed E-state index contributed by atoms with van der Waals surface area (Å²) >= 11 is 11.9. The van der Waals surface area contributed by atoms with Crippen molar-refractivity contribution in [3.05, 3.63) is 58.1 Å². The number of halogens is 2. The van der Waals surface area contributed by atoms with Crippen LogP contribution in [0.3, 0.4) is 0 Å². The summed E-state index contributed by atoms with van der Waals surface area (Å²) in [7, 11) is -3.69. The minimum Gasteiger partial charge on any atom is -0.355 e. The number of rotatable bonds is 3. The third-order valence-electron chi connectivity index (χ3n) is 4.95. The molecule has 7 nitrogen and oxygen atoms in total. The van der Waals surface area contributed by atoms with E-state index in [-0.39, 0.29) is 16.7 Å². The lowest BCUT2D eigenvalue weighted by Crippen LogP contribution is -2.46. The number of carbonyl (C=O) groups excluding carboxylic acids is 1. The number of amidine groups is 1. The van der Waals surface area contributed by atoms with E-state index in [1.165, 1.54) is 0 Å². The lowest BCUT2D eigenvalue weighted by atomic mass is 9.96. The van der Waals surface area contributed by atoms with Crippen LogP contribution in [0.1, 0.15) is 18.4 Å². The summed E-state index contributed by atoms with van der Waals surface area (Å²) in [6, 6.07) is 11.7. The molecule has 29 heavy (non-hydrogen) atoms. The molecule has 0 aliphatic carbocycles. The molecule has 1 saturated heterocycles. The lowest BCUT2D eigenvalue weighted by Gasteiger charge is -2.33. The van der Waals surface area contributed by atoms with Gasteiger partial charge in [0.1, 0.15) is 4.90 Å². The highest BCUT2D eigenvalue weighted by Crippen LogP contribution is 2.30. The van der Waals surface area contributed by atoms with Crippen molar-refractivity contribution in [1.29, 1.82) is 0 Å². The summed E-state index contributed by atoms with van der Waals surface area (Å²) in [6.45, 7) is 1.03. The highest BCUT2D eigenvalue weighted by Gasteiger charge is 2.35. The zero-order chi connectivity index (χ0) is 20.6. The van der Waals surface area contributed by atoms with Crippen LogP contribution in [0.5, 0.6) is 0 Å². The molecule has 2 aromatic rings. The van der Waals surface area contributed by atoms with Crippen LogP contribution in [0, 0.1) is 5.92 Å². The normalized spacial score (nSPS) is 20.0. The number of hydrogen-bond donors (Lipinski definition) is 2. The Morgan fingerprint density at radius 3 is 2.72 bits per heavy atom. The zero-order valence-electron chi connectivity index (χ0n) is 15.2. The smallest absolute Gasteiger partial charge is 0.285 e. The van der Waals surface area contributed by atoms with Crippen molar-refractivity contribution in [2.24, 2.45) is 10.3 Å². The topological polar surface area (TPSA) is 90.9 Å². The molecule has 1 atom stereocenters. The predicted octanol–water partition coefficient (Wildman–Crippen LogP) is 3.30. The Bertz CT molecular complexity index is 1100. The summed E-state index contributed by atoms with van der Waals surface area (Å²) in [4.78, 5) is 14.7. The van der Waals surface area contributed by atoms with E-state index in [2.05, 4.69) is 15.2 Å². The fourth-order valence-corrected chi connectivity index (χ4v) is 5.04. The van der Waals surface area contributed by atoms with Crippen molar-refractivity contribution < 1.29 is 13.2 Å². The molecule has 2 N–H and O–H groups in total. The van der Waals surface area contributed by atoms with Gasteiger partial charge in [-0.2, -0.15) is 8.42 Å². The number of anilines is 1. The molecule has 1 fully saturated rings. The number of benzene rings is 2. The standard InChI is InChI=1S/C19H18Cl2N4O3S/c20-15-8-7-13(10-16(15)21)22-23-19(26)12-4-3-9-25(11-12)18-14-5-1-2-6-17(14)29(27,28)24-18/h1-2,5-8,10,12,22H,3-4,9,11H2,(H,23,26)/t12-/m1/s1. The molecule has 2 aliphatic heterocycles. The molecule has 2 heterocycles. The van der Waals surface area contributed by atoms with E-state index in [0.29, 0.717) is 46.6 Å².